The Morgan fingerprint density at radius 3 is 1.59 bits per heavy atom. The minimum Gasteiger partial charge on any atom is -0.508 e. The van der Waals surface area contributed by atoms with E-state index in [-0.39, 0.29) is 18.0 Å². The van der Waals surface area contributed by atoms with Gasteiger partial charge in [-0.05, 0) is 46.9 Å². The van der Waals surface area contributed by atoms with E-state index in [0.717, 1.165) is 16.7 Å². The van der Waals surface area contributed by atoms with Gasteiger partial charge in [0.25, 0.3) is 0 Å². The molecule has 5 nitrogen and oxygen atoms in total. The number of Topliss-reactive ketones (excluding diaryl/α,β-unsaturated/α-hetero) is 1. The van der Waals surface area contributed by atoms with Crippen molar-refractivity contribution in [1.29, 1.82) is 0 Å². The molecule has 0 atom stereocenters. The third kappa shape index (κ3) is 7.99. The predicted octanol–water partition coefficient (Wildman–Crippen LogP) is 7.94. The number of phenols is 1. The van der Waals surface area contributed by atoms with Crippen molar-refractivity contribution in [3.8, 4) is 23.0 Å². The van der Waals surface area contributed by atoms with Crippen LogP contribution in [0.3, 0.4) is 0 Å². The molecule has 0 aliphatic rings. The summed E-state index contributed by atoms with van der Waals surface area (Å²) in [7, 11) is 0. The van der Waals surface area contributed by atoms with E-state index in [0.29, 0.717) is 54.6 Å². The number of carbonyl (C=O) groups excluding carboxylic acids is 1. The largest absolute Gasteiger partial charge is 0.508 e. The summed E-state index contributed by atoms with van der Waals surface area (Å²) in [5, 5.41) is 10.6. The molecule has 0 saturated carbocycles. The van der Waals surface area contributed by atoms with Crippen molar-refractivity contribution in [2.75, 3.05) is 0 Å². The van der Waals surface area contributed by atoms with E-state index in [1.807, 2.05) is 97.1 Å². The Balaban J connectivity index is 1.25. The molecule has 0 saturated heterocycles. The SMILES string of the molecule is O=C(CCc1ccc(OCc2ccccc2)cc1O)c1ccc(OCc2ccccc2)cc1OCc1ccccc1. The van der Waals surface area contributed by atoms with E-state index in [9.17, 15) is 9.90 Å². The second kappa shape index (κ2) is 13.9. The summed E-state index contributed by atoms with van der Waals surface area (Å²) in [6.45, 7) is 1.15. The van der Waals surface area contributed by atoms with Crippen LogP contribution in [-0.4, -0.2) is 10.9 Å². The molecule has 5 aromatic carbocycles. The molecule has 0 unspecified atom stereocenters. The number of benzene rings is 5. The van der Waals surface area contributed by atoms with Crippen LogP contribution in [-0.2, 0) is 26.2 Å². The Morgan fingerprint density at radius 2 is 1.05 bits per heavy atom. The maximum atomic E-state index is 13.4. The van der Waals surface area contributed by atoms with E-state index < -0.39 is 0 Å². The lowest BCUT2D eigenvalue weighted by Crippen LogP contribution is -2.07. The summed E-state index contributed by atoms with van der Waals surface area (Å²) >= 11 is 0. The highest BCUT2D eigenvalue weighted by atomic mass is 16.5. The van der Waals surface area contributed by atoms with Gasteiger partial charge in [-0.1, -0.05) is 97.1 Å². The number of aromatic hydroxyl groups is 1. The number of phenolic OH excluding ortho intramolecular Hbond substituents is 1. The smallest absolute Gasteiger partial charge is 0.166 e. The fourth-order valence-corrected chi connectivity index (χ4v) is 4.39. The lowest BCUT2D eigenvalue weighted by Gasteiger charge is -2.14. The lowest BCUT2D eigenvalue weighted by molar-refractivity contribution is 0.0978. The first-order valence-corrected chi connectivity index (χ1v) is 13.6. The average Bonchev–Trinajstić information content (AvgIpc) is 3.02. The van der Waals surface area contributed by atoms with Gasteiger partial charge in [0.2, 0.25) is 0 Å². The van der Waals surface area contributed by atoms with Crippen LogP contribution in [0.2, 0.25) is 0 Å². The molecule has 0 amide bonds. The Morgan fingerprint density at radius 1 is 0.561 bits per heavy atom. The number of rotatable bonds is 13. The number of aryl methyl sites for hydroxylation is 1. The third-order valence-electron chi connectivity index (χ3n) is 6.67. The van der Waals surface area contributed by atoms with Gasteiger partial charge in [-0.15, -0.1) is 0 Å². The Bertz CT molecular complexity index is 1550. The normalized spacial score (nSPS) is 10.6. The van der Waals surface area contributed by atoms with Crippen molar-refractivity contribution in [2.45, 2.75) is 32.7 Å². The maximum absolute atomic E-state index is 13.4. The molecule has 5 rings (SSSR count). The summed E-state index contributed by atoms with van der Waals surface area (Å²) in [6.07, 6.45) is 0.595. The molecule has 0 aliphatic carbocycles. The molecule has 0 bridgehead atoms. The molecule has 41 heavy (non-hydrogen) atoms. The highest BCUT2D eigenvalue weighted by Gasteiger charge is 2.16. The van der Waals surface area contributed by atoms with E-state index in [2.05, 4.69) is 0 Å². The van der Waals surface area contributed by atoms with E-state index in [1.165, 1.54) is 0 Å². The van der Waals surface area contributed by atoms with Gasteiger partial charge in [-0.3, -0.25) is 4.79 Å². The number of hydrogen-bond acceptors (Lipinski definition) is 5. The van der Waals surface area contributed by atoms with Crippen LogP contribution in [0.1, 0.15) is 39.0 Å². The van der Waals surface area contributed by atoms with Crippen molar-refractivity contribution in [1.82, 2.24) is 0 Å². The number of ketones is 1. The number of carbonyl (C=O) groups is 1. The molecule has 0 aliphatic heterocycles. The zero-order valence-corrected chi connectivity index (χ0v) is 22.7. The van der Waals surface area contributed by atoms with Crippen LogP contribution in [0.5, 0.6) is 23.0 Å². The molecule has 0 radical (unpaired) electrons. The predicted molar refractivity (Wildman–Crippen MR) is 160 cm³/mol. The van der Waals surface area contributed by atoms with E-state index in [1.54, 1.807) is 30.3 Å². The lowest BCUT2D eigenvalue weighted by atomic mass is 10.0. The number of hydrogen-bond donors (Lipinski definition) is 1. The minimum absolute atomic E-state index is 0.0773. The third-order valence-corrected chi connectivity index (χ3v) is 6.67. The first-order valence-electron chi connectivity index (χ1n) is 13.6. The molecule has 5 aromatic rings. The zero-order chi connectivity index (χ0) is 28.3. The van der Waals surface area contributed by atoms with Crippen molar-refractivity contribution in [3.05, 3.63) is 155 Å². The van der Waals surface area contributed by atoms with E-state index in [4.69, 9.17) is 14.2 Å². The second-order valence-corrected chi connectivity index (χ2v) is 9.69. The van der Waals surface area contributed by atoms with Crippen LogP contribution in [0, 0.1) is 0 Å². The van der Waals surface area contributed by atoms with Crippen LogP contribution in [0.15, 0.2) is 127 Å². The summed E-state index contributed by atoms with van der Waals surface area (Å²) in [6, 6.07) is 40.1. The average molecular weight is 545 g/mol. The molecule has 0 aromatic heterocycles. The van der Waals surface area contributed by atoms with Gasteiger partial charge >= 0.3 is 0 Å². The van der Waals surface area contributed by atoms with Crippen LogP contribution in [0.4, 0.5) is 0 Å². The Labute approximate surface area is 240 Å². The summed E-state index contributed by atoms with van der Waals surface area (Å²) < 4.78 is 17.9. The van der Waals surface area contributed by atoms with Crippen LogP contribution in [0.25, 0.3) is 0 Å². The highest BCUT2D eigenvalue weighted by molar-refractivity contribution is 5.99. The van der Waals surface area contributed by atoms with Gasteiger partial charge in [0.05, 0.1) is 5.56 Å². The molecule has 5 heteroatoms. The van der Waals surface area contributed by atoms with Crippen molar-refractivity contribution in [3.63, 3.8) is 0 Å². The topological polar surface area (TPSA) is 65.0 Å². The molecule has 0 spiro atoms. The maximum Gasteiger partial charge on any atom is 0.166 e. The first-order chi connectivity index (χ1) is 20.1. The second-order valence-electron chi connectivity index (χ2n) is 9.69. The summed E-state index contributed by atoms with van der Waals surface area (Å²) in [5.74, 6) is 1.69. The zero-order valence-electron chi connectivity index (χ0n) is 22.7. The van der Waals surface area contributed by atoms with Crippen LogP contribution >= 0.6 is 0 Å². The summed E-state index contributed by atoms with van der Waals surface area (Å²) in [5.41, 5.74) is 4.26. The van der Waals surface area contributed by atoms with E-state index >= 15 is 0 Å². The Kier molecular flexibility index (Phi) is 9.30. The quantitative estimate of drug-likeness (QED) is 0.152. The first kappa shape index (κ1) is 27.5. The van der Waals surface area contributed by atoms with Crippen molar-refractivity contribution < 1.29 is 24.1 Å². The molecule has 1 N–H and O–H groups in total. The molecule has 0 heterocycles. The van der Waals surface area contributed by atoms with Gasteiger partial charge in [-0.25, -0.2) is 0 Å². The highest BCUT2D eigenvalue weighted by Crippen LogP contribution is 2.30. The molecule has 0 fully saturated rings. The van der Waals surface area contributed by atoms with Gasteiger partial charge in [0, 0.05) is 18.6 Å². The van der Waals surface area contributed by atoms with Crippen LogP contribution < -0.4 is 14.2 Å². The Hall–Kier alpha value is -5.03. The van der Waals surface area contributed by atoms with Gasteiger partial charge in [0.15, 0.2) is 5.78 Å². The van der Waals surface area contributed by atoms with Gasteiger partial charge in [0.1, 0.15) is 42.8 Å². The fourth-order valence-electron chi connectivity index (χ4n) is 4.39. The minimum atomic E-state index is -0.0773. The summed E-state index contributed by atoms with van der Waals surface area (Å²) in [4.78, 5) is 13.4. The van der Waals surface area contributed by atoms with Gasteiger partial charge in [-0.2, -0.15) is 0 Å². The molecular weight excluding hydrogens is 512 g/mol. The van der Waals surface area contributed by atoms with Crippen molar-refractivity contribution >= 4 is 5.78 Å². The van der Waals surface area contributed by atoms with Gasteiger partial charge < -0.3 is 19.3 Å². The fraction of sp³-hybridized carbons (Fsp3) is 0.139. The standard InChI is InChI=1S/C36H32O5/c37-34(21-17-30-16-18-31(22-35(30)38)39-24-27-10-4-1-5-11-27)33-20-19-32(40-25-28-12-6-2-7-13-28)23-36(33)41-26-29-14-8-3-9-15-29/h1-16,18-20,22-23,38H,17,21,24-26H2. The number of ether oxygens (including phenoxy) is 3. The monoisotopic (exact) mass is 544 g/mol. The van der Waals surface area contributed by atoms with Crippen molar-refractivity contribution in [2.24, 2.45) is 0 Å². The molecular formula is C36H32O5. The molecule has 206 valence electrons.